The van der Waals surface area contributed by atoms with Crippen LogP contribution < -0.4 is 10.0 Å². The maximum Gasteiger partial charge on any atom is 0.242 e. The fourth-order valence-electron chi connectivity index (χ4n) is 2.23. The fourth-order valence-corrected chi connectivity index (χ4v) is 5.91. The lowest BCUT2D eigenvalue weighted by Crippen LogP contribution is -2.27. The molecule has 0 saturated heterocycles. The molecule has 0 bridgehead atoms. The summed E-state index contributed by atoms with van der Waals surface area (Å²) < 4.78 is 28.1. The van der Waals surface area contributed by atoms with Crippen molar-refractivity contribution in [3.8, 4) is 0 Å². The quantitative estimate of drug-likeness (QED) is 0.709. The standard InChI is InChI=1S/C14H23BrN2O2S2/c1-10(2)16-9-12-8-13(14(15)20-12)21(18,19)17-7-6-11-4-3-5-11/h8,10-11,16-17H,3-7,9H2,1-2H3. The minimum absolute atomic E-state index is 0.363. The van der Waals surface area contributed by atoms with E-state index in [0.29, 0.717) is 33.7 Å². The topological polar surface area (TPSA) is 58.2 Å². The van der Waals surface area contributed by atoms with E-state index < -0.39 is 10.0 Å². The highest BCUT2D eigenvalue weighted by atomic mass is 79.9. The highest BCUT2D eigenvalue weighted by molar-refractivity contribution is 9.11. The Kier molecular flexibility index (Phi) is 6.25. The van der Waals surface area contributed by atoms with Gasteiger partial charge in [-0.2, -0.15) is 0 Å². The molecule has 0 unspecified atom stereocenters. The molecule has 1 aliphatic carbocycles. The number of nitrogens with one attached hydrogen (secondary N) is 2. The van der Waals surface area contributed by atoms with Crippen LogP contribution in [0.4, 0.5) is 0 Å². The Hall–Kier alpha value is 0.0500. The van der Waals surface area contributed by atoms with Crippen LogP contribution in [0.5, 0.6) is 0 Å². The average Bonchev–Trinajstić information content (AvgIpc) is 2.72. The SMILES string of the molecule is CC(C)NCc1cc(S(=O)(=O)NCCC2CCC2)c(Br)s1. The summed E-state index contributed by atoms with van der Waals surface area (Å²) >= 11 is 4.85. The van der Waals surface area contributed by atoms with Gasteiger partial charge < -0.3 is 5.32 Å². The lowest BCUT2D eigenvalue weighted by atomic mass is 9.83. The molecule has 120 valence electrons. The van der Waals surface area contributed by atoms with Crippen molar-refractivity contribution in [3.05, 3.63) is 14.7 Å². The van der Waals surface area contributed by atoms with Gasteiger partial charge in [-0.15, -0.1) is 11.3 Å². The van der Waals surface area contributed by atoms with Crippen LogP contribution in [-0.2, 0) is 16.6 Å². The molecule has 1 aromatic rings. The molecule has 0 radical (unpaired) electrons. The molecular weight excluding hydrogens is 372 g/mol. The number of thiophene rings is 1. The molecule has 0 aliphatic heterocycles. The molecule has 7 heteroatoms. The highest BCUT2D eigenvalue weighted by Crippen LogP contribution is 2.32. The molecule has 0 aromatic carbocycles. The Bertz CT molecular complexity index is 566. The molecule has 0 amide bonds. The minimum Gasteiger partial charge on any atom is -0.310 e. The normalized spacial score (nSPS) is 16.4. The van der Waals surface area contributed by atoms with Gasteiger partial charge in [-0.1, -0.05) is 33.1 Å². The number of halogens is 1. The van der Waals surface area contributed by atoms with Gasteiger partial charge in [-0.25, -0.2) is 13.1 Å². The first-order valence-electron chi connectivity index (χ1n) is 7.39. The summed E-state index contributed by atoms with van der Waals surface area (Å²) in [6.45, 7) is 5.37. The summed E-state index contributed by atoms with van der Waals surface area (Å²) in [6, 6.07) is 2.14. The molecule has 4 nitrogen and oxygen atoms in total. The maximum absolute atomic E-state index is 12.3. The second-order valence-electron chi connectivity index (χ2n) is 5.87. The molecule has 1 heterocycles. The summed E-state index contributed by atoms with van der Waals surface area (Å²) in [6.07, 6.45) is 4.73. The van der Waals surface area contributed by atoms with Gasteiger partial charge in [0.25, 0.3) is 0 Å². The van der Waals surface area contributed by atoms with E-state index in [9.17, 15) is 8.42 Å². The van der Waals surface area contributed by atoms with Crippen LogP contribution in [0, 0.1) is 5.92 Å². The van der Waals surface area contributed by atoms with Gasteiger partial charge in [-0.3, -0.25) is 0 Å². The summed E-state index contributed by atoms with van der Waals surface area (Å²) in [5.41, 5.74) is 0. The summed E-state index contributed by atoms with van der Waals surface area (Å²) in [5.74, 6) is 0.712. The van der Waals surface area contributed by atoms with E-state index in [4.69, 9.17) is 0 Å². The zero-order valence-electron chi connectivity index (χ0n) is 12.5. The molecular formula is C14H23BrN2O2S2. The van der Waals surface area contributed by atoms with Gasteiger partial charge in [0.2, 0.25) is 10.0 Å². The summed E-state index contributed by atoms with van der Waals surface area (Å²) in [5, 5.41) is 3.30. The fraction of sp³-hybridized carbons (Fsp3) is 0.714. The van der Waals surface area contributed by atoms with Gasteiger partial charge in [0.05, 0.1) is 3.79 Å². The Morgan fingerprint density at radius 1 is 1.43 bits per heavy atom. The first-order valence-corrected chi connectivity index (χ1v) is 10.5. The van der Waals surface area contributed by atoms with Crippen LogP contribution in [0.2, 0.25) is 0 Å². The molecule has 1 aromatic heterocycles. The van der Waals surface area contributed by atoms with Crippen LogP contribution in [0.25, 0.3) is 0 Å². The van der Waals surface area contributed by atoms with Crippen LogP contribution in [0.1, 0.15) is 44.4 Å². The lowest BCUT2D eigenvalue weighted by Gasteiger charge is -2.25. The van der Waals surface area contributed by atoms with E-state index in [-0.39, 0.29) is 0 Å². The second kappa shape index (κ2) is 7.55. The van der Waals surface area contributed by atoms with Crippen molar-refractivity contribution in [3.63, 3.8) is 0 Å². The molecule has 1 fully saturated rings. The van der Waals surface area contributed by atoms with Crippen molar-refractivity contribution in [1.82, 2.24) is 10.0 Å². The van der Waals surface area contributed by atoms with Crippen molar-refractivity contribution in [2.24, 2.45) is 5.92 Å². The summed E-state index contributed by atoms with van der Waals surface area (Å²) in [4.78, 5) is 1.39. The third-order valence-electron chi connectivity index (χ3n) is 3.75. The zero-order valence-corrected chi connectivity index (χ0v) is 15.7. The van der Waals surface area contributed by atoms with Crippen molar-refractivity contribution in [2.75, 3.05) is 6.54 Å². The van der Waals surface area contributed by atoms with Crippen molar-refractivity contribution >= 4 is 37.3 Å². The van der Waals surface area contributed by atoms with Crippen molar-refractivity contribution in [1.29, 1.82) is 0 Å². The van der Waals surface area contributed by atoms with Crippen LogP contribution in [0.15, 0.2) is 14.7 Å². The number of hydrogen-bond acceptors (Lipinski definition) is 4. The monoisotopic (exact) mass is 394 g/mol. The Morgan fingerprint density at radius 3 is 2.71 bits per heavy atom. The highest BCUT2D eigenvalue weighted by Gasteiger charge is 2.22. The van der Waals surface area contributed by atoms with Crippen LogP contribution in [0.3, 0.4) is 0 Å². The minimum atomic E-state index is -3.40. The average molecular weight is 395 g/mol. The zero-order chi connectivity index (χ0) is 15.5. The van der Waals surface area contributed by atoms with E-state index in [1.807, 2.05) is 0 Å². The second-order valence-corrected chi connectivity index (χ2v) is 10.1. The number of sulfonamides is 1. The maximum atomic E-state index is 12.3. The van der Waals surface area contributed by atoms with Crippen LogP contribution >= 0.6 is 27.3 Å². The Morgan fingerprint density at radius 2 is 2.14 bits per heavy atom. The van der Waals surface area contributed by atoms with Gasteiger partial charge >= 0.3 is 0 Å². The molecule has 0 atom stereocenters. The van der Waals surface area contributed by atoms with Gasteiger partial charge in [0.1, 0.15) is 4.90 Å². The Balaban J connectivity index is 1.94. The Labute approximate surface area is 139 Å². The molecule has 0 spiro atoms. The van der Waals surface area contributed by atoms with E-state index in [1.165, 1.54) is 30.6 Å². The summed E-state index contributed by atoms with van der Waals surface area (Å²) in [7, 11) is -3.40. The van der Waals surface area contributed by atoms with Gasteiger partial charge in [-0.05, 0) is 34.3 Å². The molecule has 2 rings (SSSR count). The third kappa shape index (κ3) is 5.03. The van der Waals surface area contributed by atoms with Gasteiger partial charge in [0, 0.05) is 24.0 Å². The molecule has 1 saturated carbocycles. The smallest absolute Gasteiger partial charge is 0.242 e. The largest absolute Gasteiger partial charge is 0.310 e. The molecule has 1 aliphatic rings. The van der Waals surface area contributed by atoms with Crippen LogP contribution in [-0.4, -0.2) is 21.0 Å². The molecule has 21 heavy (non-hydrogen) atoms. The third-order valence-corrected chi connectivity index (χ3v) is 7.46. The van der Waals surface area contributed by atoms with Crippen molar-refractivity contribution < 1.29 is 8.42 Å². The number of hydrogen-bond donors (Lipinski definition) is 2. The molecule has 2 N–H and O–H groups in total. The predicted molar refractivity (Wildman–Crippen MR) is 91.1 cm³/mol. The first-order chi connectivity index (χ1) is 9.88. The van der Waals surface area contributed by atoms with E-state index in [0.717, 1.165) is 11.3 Å². The lowest BCUT2D eigenvalue weighted by molar-refractivity contribution is 0.297. The van der Waals surface area contributed by atoms with E-state index in [2.05, 4.69) is 39.8 Å². The first kappa shape index (κ1) is 17.4. The van der Waals surface area contributed by atoms with Crippen molar-refractivity contribution in [2.45, 2.75) is 57.0 Å². The predicted octanol–water partition coefficient (Wildman–Crippen LogP) is 3.48. The van der Waals surface area contributed by atoms with E-state index >= 15 is 0 Å². The number of rotatable bonds is 8. The van der Waals surface area contributed by atoms with E-state index in [1.54, 1.807) is 6.07 Å². The van der Waals surface area contributed by atoms with Gasteiger partial charge in [0.15, 0.2) is 0 Å².